The molecule has 0 unspecified atom stereocenters. The molecule has 5 rings (SSSR count). The molecule has 8 nitrogen and oxygen atoms in total. The molecule has 0 aliphatic carbocycles. The predicted octanol–water partition coefficient (Wildman–Crippen LogP) is 3.05. The molecular weight excluding hydrogens is 416 g/mol. The molecule has 3 aromatic heterocycles. The Hall–Kier alpha value is -3.91. The van der Waals surface area contributed by atoms with E-state index in [0.717, 1.165) is 54.6 Å². The number of hydrogen-bond acceptors (Lipinski definition) is 6. The second-order valence-corrected chi connectivity index (χ2v) is 8.16. The standard InChI is InChI=1S/C25H26N6O2/c1-29-10-12-30(13-11-29)24-7-6-18(16-26-24)19-14-22(25(32)27-17-19)23-8-9-28-31(23)20-4-3-5-21(15-20)33-2/h3-9,14-17H,10-13H2,1-2H3,(H,27,32). The topological polar surface area (TPSA) is 79.3 Å². The molecule has 0 atom stereocenters. The third-order valence-electron chi connectivity index (χ3n) is 6.03. The number of nitrogens with one attached hydrogen (secondary N) is 1. The first-order chi connectivity index (χ1) is 16.1. The van der Waals surface area contributed by atoms with Crippen LogP contribution < -0.4 is 15.2 Å². The van der Waals surface area contributed by atoms with Gasteiger partial charge in [-0.1, -0.05) is 6.07 Å². The van der Waals surface area contributed by atoms with E-state index in [1.165, 1.54) is 0 Å². The van der Waals surface area contributed by atoms with Gasteiger partial charge in [-0.05, 0) is 43.4 Å². The number of aromatic nitrogens is 4. The Kier molecular flexibility index (Phi) is 5.66. The zero-order valence-corrected chi connectivity index (χ0v) is 18.7. The van der Waals surface area contributed by atoms with Crippen molar-refractivity contribution < 1.29 is 4.74 Å². The van der Waals surface area contributed by atoms with E-state index in [-0.39, 0.29) is 5.56 Å². The Bertz CT molecular complexity index is 1300. The molecule has 0 bridgehead atoms. The summed E-state index contributed by atoms with van der Waals surface area (Å²) in [6.45, 7) is 4.02. The van der Waals surface area contributed by atoms with E-state index in [1.807, 2.05) is 48.7 Å². The zero-order chi connectivity index (χ0) is 22.8. The quantitative estimate of drug-likeness (QED) is 0.512. The van der Waals surface area contributed by atoms with E-state index < -0.39 is 0 Å². The van der Waals surface area contributed by atoms with Crippen LogP contribution in [-0.2, 0) is 0 Å². The van der Waals surface area contributed by atoms with Crippen molar-refractivity contribution in [2.75, 3.05) is 45.2 Å². The van der Waals surface area contributed by atoms with Crippen LogP contribution in [0.3, 0.4) is 0 Å². The van der Waals surface area contributed by atoms with Crippen molar-refractivity contribution in [1.82, 2.24) is 24.6 Å². The highest BCUT2D eigenvalue weighted by Crippen LogP contribution is 2.26. The number of piperazine rings is 1. The SMILES string of the molecule is COc1cccc(-n2nccc2-c2cc(-c3ccc(N4CCN(C)CC4)nc3)c[nH]c2=O)c1. The Labute approximate surface area is 192 Å². The van der Waals surface area contributed by atoms with Crippen molar-refractivity contribution in [2.24, 2.45) is 0 Å². The van der Waals surface area contributed by atoms with E-state index in [4.69, 9.17) is 4.74 Å². The molecule has 1 fully saturated rings. The Morgan fingerprint density at radius 1 is 1.00 bits per heavy atom. The third kappa shape index (κ3) is 4.25. The lowest BCUT2D eigenvalue weighted by molar-refractivity contribution is 0.312. The van der Waals surface area contributed by atoms with Crippen LogP contribution in [0.15, 0.2) is 71.9 Å². The van der Waals surface area contributed by atoms with E-state index in [2.05, 4.69) is 38.0 Å². The van der Waals surface area contributed by atoms with Crippen LogP contribution >= 0.6 is 0 Å². The van der Waals surface area contributed by atoms with E-state index >= 15 is 0 Å². The van der Waals surface area contributed by atoms with Gasteiger partial charge in [-0.3, -0.25) is 4.79 Å². The summed E-state index contributed by atoms with van der Waals surface area (Å²) < 4.78 is 7.08. The Morgan fingerprint density at radius 3 is 2.61 bits per heavy atom. The summed E-state index contributed by atoms with van der Waals surface area (Å²) in [4.78, 5) is 24.9. The number of ether oxygens (including phenoxy) is 1. The maximum absolute atomic E-state index is 12.7. The molecule has 4 heterocycles. The molecule has 0 radical (unpaired) electrons. The lowest BCUT2D eigenvalue weighted by Crippen LogP contribution is -2.44. The number of H-pyrrole nitrogens is 1. The minimum atomic E-state index is -0.176. The highest BCUT2D eigenvalue weighted by Gasteiger charge is 2.16. The molecule has 8 heteroatoms. The monoisotopic (exact) mass is 442 g/mol. The number of nitrogens with zero attached hydrogens (tertiary/aromatic N) is 5. The van der Waals surface area contributed by atoms with Crippen molar-refractivity contribution in [1.29, 1.82) is 0 Å². The second kappa shape index (κ2) is 8.91. The van der Waals surface area contributed by atoms with Gasteiger partial charge in [0, 0.05) is 55.8 Å². The van der Waals surface area contributed by atoms with Gasteiger partial charge in [0.05, 0.1) is 30.3 Å². The van der Waals surface area contributed by atoms with E-state index in [1.54, 1.807) is 24.2 Å². The molecule has 0 saturated carbocycles. The van der Waals surface area contributed by atoms with Crippen molar-refractivity contribution in [3.63, 3.8) is 0 Å². The average molecular weight is 443 g/mol. The highest BCUT2D eigenvalue weighted by atomic mass is 16.5. The number of methoxy groups -OCH3 is 1. The summed E-state index contributed by atoms with van der Waals surface area (Å²) in [6, 6.07) is 15.4. The number of hydrogen-bond donors (Lipinski definition) is 1. The fourth-order valence-corrected chi connectivity index (χ4v) is 4.08. The summed E-state index contributed by atoms with van der Waals surface area (Å²) in [5, 5.41) is 4.44. The summed E-state index contributed by atoms with van der Waals surface area (Å²) in [5.41, 5.74) is 3.71. The van der Waals surface area contributed by atoms with Gasteiger partial charge in [-0.2, -0.15) is 5.10 Å². The van der Waals surface area contributed by atoms with Crippen LogP contribution in [0, 0.1) is 0 Å². The van der Waals surface area contributed by atoms with Crippen molar-refractivity contribution in [2.45, 2.75) is 0 Å². The average Bonchev–Trinajstić information content (AvgIpc) is 3.35. The lowest BCUT2D eigenvalue weighted by Gasteiger charge is -2.33. The Morgan fingerprint density at radius 2 is 1.85 bits per heavy atom. The van der Waals surface area contributed by atoms with Gasteiger partial charge >= 0.3 is 0 Å². The fraction of sp³-hybridized carbons (Fsp3) is 0.240. The first-order valence-corrected chi connectivity index (χ1v) is 10.9. The van der Waals surface area contributed by atoms with Crippen molar-refractivity contribution >= 4 is 5.82 Å². The molecule has 33 heavy (non-hydrogen) atoms. The van der Waals surface area contributed by atoms with Crippen LogP contribution in [0.5, 0.6) is 5.75 Å². The summed E-state index contributed by atoms with van der Waals surface area (Å²) in [5.74, 6) is 1.70. The van der Waals surface area contributed by atoms with Crippen LogP contribution in [0.1, 0.15) is 0 Å². The van der Waals surface area contributed by atoms with Gasteiger partial charge in [0.1, 0.15) is 11.6 Å². The molecule has 1 N–H and O–H groups in total. The minimum absolute atomic E-state index is 0.176. The van der Waals surface area contributed by atoms with Crippen LogP contribution in [0.2, 0.25) is 0 Å². The number of benzene rings is 1. The number of anilines is 1. The molecule has 1 aliphatic rings. The lowest BCUT2D eigenvalue weighted by atomic mass is 10.1. The van der Waals surface area contributed by atoms with Gasteiger partial charge in [0.2, 0.25) is 0 Å². The van der Waals surface area contributed by atoms with Crippen LogP contribution in [0.25, 0.3) is 28.1 Å². The maximum Gasteiger partial charge on any atom is 0.257 e. The van der Waals surface area contributed by atoms with Crippen LogP contribution in [-0.4, -0.2) is 65.0 Å². The fourth-order valence-electron chi connectivity index (χ4n) is 4.08. The highest BCUT2D eigenvalue weighted by molar-refractivity contribution is 5.71. The summed E-state index contributed by atoms with van der Waals surface area (Å²) in [7, 11) is 3.77. The first kappa shape index (κ1) is 21.0. The molecule has 0 spiro atoms. The smallest absolute Gasteiger partial charge is 0.257 e. The van der Waals surface area contributed by atoms with Gasteiger partial charge in [0.25, 0.3) is 5.56 Å². The van der Waals surface area contributed by atoms with E-state index in [0.29, 0.717) is 11.3 Å². The molecule has 168 valence electrons. The number of likely N-dealkylation sites (N-methyl/N-ethyl adjacent to an activating group) is 1. The largest absolute Gasteiger partial charge is 0.497 e. The predicted molar refractivity (Wildman–Crippen MR) is 129 cm³/mol. The number of aromatic amines is 1. The number of pyridine rings is 2. The zero-order valence-electron chi connectivity index (χ0n) is 18.7. The minimum Gasteiger partial charge on any atom is -0.497 e. The summed E-state index contributed by atoms with van der Waals surface area (Å²) in [6.07, 6.45) is 5.28. The Balaban J connectivity index is 1.46. The van der Waals surface area contributed by atoms with E-state index in [9.17, 15) is 4.79 Å². The summed E-state index contributed by atoms with van der Waals surface area (Å²) >= 11 is 0. The molecule has 1 aliphatic heterocycles. The third-order valence-corrected chi connectivity index (χ3v) is 6.03. The molecule has 4 aromatic rings. The van der Waals surface area contributed by atoms with Crippen molar-refractivity contribution in [3.8, 4) is 33.8 Å². The molecule has 1 saturated heterocycles. The molecule has 1 aromatic carbocycles. The van der Waals surface area contributed by atoms with Gasteiger partial charge in [-0.25, -0.2) is 9.67 Å². The van der Waals surface area contributed by atoms with Crippen LogP contribution in [0.4, 0.5) is 5.82 Å². The van der Waals surface area contributed by atoms with Gasteiger partial charge in [0.15, 0.2) is 0 Å². The first-order valence-electron chi connectivity index (χ1n) is 10.9. The maximum atomic E-state index is 12.7. The number of rotatable bonds is 5. The molecular formula is C25H26N6O2. The van der Waals surface area contributed by atoms with Crippen molar-refractivity contribution in [3.05, 3.63) is 77.5 Å². The van der Waals surface area contributed by atoms with Gasteiger partial charge < -0.3 is 19.5 Å². The molecule has 0 amide bonds. The normalized spacial score (nSPS) is 14.4. The second-order valence-electron chi connectivity index (χ2n) is 8.16. The van der Waals surface area contributed by atoms with Gasteiger partial charge in [-0.15, -0.1) is 0 Å².